The molecule has 24 heavy (non-hydrogen) atoms. The average molecular weight is 329 g/mol. The van der Waals surface area contributed by atoms with Crippen molar-refractivity contribution in [3.05, 3.63) is 42.1 Å². The van der Waals surface area contributed by atoms with Gasteiger partial charge in [-0.1, -0.05) is 0 Å². The summed E-state index contributed by atoms with van der Waals surface area (Å²) in [6, 6.07) is 3.56. The van der Waals surface area contributed by atoms with Crippen LogP contribution in [0, 0.1) is 0 Å². The van der Waals surface area contributed by atoms with E-state index in [1.165, 1.54) is 12.4 Å². The predicted octanol–water partition coefficient (Wildman–Crippen LogP) is 0.668. The van der Waals surface area contributed by atoms with Gasteiger partial charge in [-0.2, -0.15) is 0 Å². The molecule has 0 unspecified atom stereocenters. The molecule has 126 valence electrons. The molecule has 3 heterocycles. The third-order valence-corrected chi connectivity index (χ3v) is 3.91. The summed E-state index contributed by atoms with van der Waals surface area (Å²) in [6.07, 6.45) is 4.58. The van der Waals surface area contributed by atoms with Crippen LogP contribution in [0.5, 0.6) is 0 Å². The number of nitrogens with one attached hydrogen (secondary N) is 1. The van der Waals surface area contributed by atoms with Gasteiger partial charge in [0.2, 0.25) is 11.9 Å². The number of hydrogen-bond donors (Lipinski definition) is 1. The molecule has 8 nitrogen and oxygen atoms in total. The Morgan fingerprint density at radius 2 is 1.92 bits per heavy atom. The largest absolute Gasteiger partial charge is 0.467 e. The zero-order valence-corrected chi connectivity index (χ0v) is 13.4. The second-order valence-electron chi connectivity index (χ2n) is 5.53. The van der Waals surface area contributed by atoms with E-state index < -0.39 is 0 Å². The van der Waals surface area contributed by atoms with Crippen LogP contribution >= 0.6 is 0 Å². The number of rotatable bonds is 4. The lowest BCUT2D eigenvalue weighted by Gasteiger charge is -2.34. The van der Waals surface area contributed by atoms with E-state index in [4.69, 9.17) is 4.42 Å². The lowest BCUT2D eigenvalue weighted by Crippen LogP contribution is -2.48. The summed E-state index contributed by atoms with van der Waals surface area (Å²) in [5.74, 6) is 1.09. The summed E-state index contributed by atoms with van der Waals surface area (Å²) >= 11 is 0. The van der Waals surface area contributed by atoms with Gasteiger partial charge in [0.15, 0.2) is 0 Å². The van der Waals surface area contributed by atoms with Crippen molar-refractivity contribution in [1.29, 1.82) is 0 Å². The van der Waals surface area contributed by atoms with E-state index in [1.807, 2.05) is 4.90 Å². The van der Waals surface area contributed by atoms with Gasteiger partial charge in [0.1, 0.15) is 5.76 Å². The first-order valence-electron chi connectivity index (χ1n) is 7.76. The van der Waals surface area contributed by atoms with Gasteiger partial charge >= 0.3 is 0 Å². The molecule has 0 radical (unpaired) electrons. The van der Waals surface area contributed by atoms with E-state index in [0.29, 0.717) is 50.0 Å². The fourth-order valence-corrected chi connectivity index (χ4v) is 2.51. The first kappa shape index (κ1) is 16.0. The third-order valence-electron chi connectivity index (χ3n) is 3.91. The van der Waals surface area contributed by atoms with E-state index in [-0.39, 0.29) is 11.8 Å². The van der Waals surface area contributed by atoms with Crippen molar-refractivity contribution in [2.75, 3.05) is 31.1 Å². The van der Waals surface area contributed by atoms with Crippen molar-refractivity contribution < 1.29 is 14.0 Å². The zero-order chi connectivity index (χ0) is 16.9. The molecule has 0 spiro atoms. The Balaban J connectivity index is 1.55. The number of carbonyl (C=O) groups excluding carboxylic acids is 2. The average Bonchev–Trinajstić information content (AvgIpc) is 3.13. The van der Waals surface area contributed by atoms with Gasteiger partial charge in [-0.25, -0.2) is 9.97 Å². The fraction of sp³-hybridized carbons (Fsp3) is 0.375. The van der Waals surface area contributed by atoms with Crippen molar-refractivity contribution in [2.24, 2.45) is 0 Å². The number of nitrogens with zero attached hydrogens (tertiary/aromatic N) is 4. The third kappa shape index (κ3) is 3.70. The molecule has 2 aromatic heterocycles. The Kier molecular flexibility index (Phi) is 4.74. The Morgan fingerprint density at radius 3 is 2.50 bits per heavy atom. The van der Waals surface area contributed by atoms with Crippen LogP contribution in [0.2, 0.25) is 0 Å². The highest BCUT2D eigenvalue weighted by molar-refractivity contribution is 5.93. The molecular weight excluding hydrogens is 310 g/mol. The monoisotopic (exact) mass is 329 g/mol. The fourth-order valence-electron chi connectivity index (χ4n) is 2.51. The van der Waals surface area contributed by atoms with Crippen LogP contribution in [0.3, 0.4) is 0 Å². The summed E-state index contributed by atoms with van der Waals surface area (Å²) in [5, 5.41) is 2.75. The second-order valence-corrected chi connectivity index (χ2v) is 5.53. The lowest BCUT2D eigenvalue weighted by molar-refractivity contribution is -0.129. The minimum atomic E-state index is -0.251. The summed E-state index contributed by atoms with van der Waals surface area (Å²) in [4.78, 5) is 35.7. The highest BCUT2D eigenvalue weighted by Crippen LogP contribution is 2.11. The van der Waals surface area contributed by atoms with Gasteiger partial charge in [-0.3, -0.25) is 9.59 Å². The molecule has 8 heteroatoms. The Labute approximate surface area is 139 Å². The van der Waals surface area contributed by atoms with Gasteiger partial charge in [-0.05, 0) is 12.1 Å². The second kappa shape index (κ2) is 7.12. The number of anilines is 1. The van der Waals surface area contributed by atoms with Crippen LogP contribution in [0.25, 0.3) is 0 Å². The van der Waals surface area contributed by atoms with E-state index in [2.05, 4.69) is 15.3 Å². The van der Waals surface area contributed by atoms with E-state index in [0.717, 1.165) is 0 Å². The molecule has 1 N–H and O–H groups in total. The van der Waals surface area contributed by atoms with Crippen LogP contribution in [0.4, 0.5) is 5.95 Å². The smallest absolute Gasteiger partial charge is 0.254 e. The normalized spacial score (nSPS) is 14.5. The first-order valence-corrected chi connectivity index (χ1v) is 7.76. The quantitative estimate of drug-likeness (QED) is 0.886. The molecule has 0 saturated carbocycles. The Bertz CT molecular complexity index is 691. The van der Waals surface area contributed by atoms with Gasteiger partial charge in [0.05, 0.1) is 18.4 Å². The summed E-state index contributed by atoms with van der Waals surface area (Å²) in [6.45, 7) is 4.57. The molecule has 1 aliphatic heterocycles. The van der Waals surface area contributed by atoms with Crippen molar-refractivity contribution in [3.63, 3.8) is 0 Å². The van der Waals surface area contributed by atoms with Crippen molar-refractivity contribution >= 4 is 17.8 Å². The molecule has 1 saturated heterocycles. The topological polar surface area (TPSA) is 91.6 Å². The number of aromatic nitrogens is 2. The maximum atomic E-state index is 12.1. The van der Waals surface area contributed by atoms with Crippen LogP contribution in [-0.4, -0.2) is 52.9 Å². The minimum Gasteiger partial charge on any atom is -0.467 e. The number of piperazine rings is 1. The maximum absolute atomic E-state index is 12.1. The molecule has 1 fully saturated rings. The van der Waals surface area contributed by atoms with Gasteiger partial charge in [0, 0.05) is 45.5 Å². The molecule has 0 aromatic carbocycles. The van der Waals surface area contributed by atoms with Crippen LogP contribution in [0.1, 0.15) is 23.0 Å². The van der Waals surface area contributed by atoms with E-state index in [9.17, 15) is 9.59 Å². The number of amides is 2. The summed E-state index contributed by atoms with van der Waals surface area (Å²) in [7, 11) is 0. The van der Waals surface area contributed by atoms with Crippen LogP contribution in [-0.2, 0) is 11.3 Å². The van der Waals surface area contributed by atoms with Crippen molar-refractivity contribution in [1.82, 2.24) is 20.2 Å². The Morgan fingerprint density at radius 1 is 1.21 bits per heavy atom. The molecule has 0 atom stereocenters. The van der Waals surface area contributed by atoms with Gasteiger partial charge < -0.3 is 19.5 Å². The maximum Gasteiger partial charge on any atom is 0.254 e. The van der Waals surface area contributed by atoms with E-state index >= 15 is 0 Å². The first-order chi connectivity index (χ1) is 11.6. The van der Waals surface area contributed by atoms with E-state index in [1.54, 1.807) is 30.2 Å². The van der Waals surface area contributed by atoms with Crippen molar-refractivity contribution in [3.8, 4) is 0 Å². The number of hydrogen-bond acceptors (Lipinski definition) is 6. The number of furan rings is 1. The molecule has 1 aliphatic rings. The van der Waals surface area contributed by atoms with Crippen LogP contribution in [0.15, 0.2) is 35.2 Å². The minimum absolute atomic E-state index is 0.0825. The molecule has 2 amide bonds. The lowest BCUT2D eigenvalue weighted by atomic mass is 10.3. The van der Waals surface area contributed by atoms with Gasteiger partial charge in [-0.15, -0.1) is 0 Å². The Hall–Kier alpha value is -2.90. The summed E-state index contributed by atoms with van der Waals surface area (Å²) < 4.78 is 5.16. The molecule has 2 aromatic rings. The highest BCUT2D eigenvalue weighted by atomic mass is 16.3. The highest BCUT2D eigenvalue weighted by Gasteiger charge is 2.20. The molecule has 3 rings (SSSR count). The molecule has 0 bridgehead atoms. The summed E-state index contributed by atoms with van der Waals surface area (Å²) in [5.41, 5.74) is 0.396. The van der Waals surface area contributed by atoms with Gasteiger partial charge in [0.25, 0.3) is 5.91 Å². The SMILES string of the molecule is CC(=O)N1CCN(c2ncc(C(=O)NCc3ccco3)cn2)CC1. The molecule has 0 aliphatic carbocycles. The standard InChI is InChI=1S/C16H19N5O3/c1-12(22)20-4-6-21(7-5-20)16-18-9-13(10-19-16)15(23)17-11-14-3-2-8-24-14/h2-3,8-10H,4-7,11H2,1H3,(H,17,23). The molecular formula is C16H19N5O3. The van der Waals surface area contributed by atoms with Crippen molar-refractivity contribution in [2.45, 2.75) is 13.5 Å². The predicted molar refractivity (Wildman–Crippen MR) is 86.4 cm³/mol. The number of carbonyl (C=O) groups is 2. The van der Waals surface area contributed by atoms with Crippen LogP contribution < -0.4 is 10.2 Å². The zero-order valence-electron chi connectivity index (χ0n) is 13.4.